The highest BCUT2D eigenvalue weighted by atomic mass is 16.5. The number of nitrogens with zero attached hydrogens (tertiary/aromatic N) is 1. The van der Waals surface area contributed by atoms with Gasteiger partial charge in [-0.1, -0.05) is 75.9 Å². The van der Waals surface area contributed by atoms with Crippen LogP contribution in [0, 0.1) is 11.8 Å². The SMILES string of the molecule is CC(C)Cc1cc(C(C(=O)O)C2CCCCCC2)ccc1OCc1ccc2ccccc2n1. The van der Waals surface area contributed by atoms with Gasteiger partial charge in [0.2, 0.25) is 0 Å². The summed E-state index contributed by atoms with van der Waals surface area (Å²) < 4.78 is 6.22. The molecule has 1 unspecified atom stereocenters. The van der Waals surface area contributed by atoms with Crippen molar-refractivity contribution in [1.29, 1.82) is 0 Å². The molecule has 1 saturated carbocycles. The second-order valence-electron chi connectivity index (χ2n) is 9.82. The molecular formula is C29H35NO3. The molecule has 1 aliphatic carbocycles. The molecule has 4 rings (SSSR count). The standard InChI is InChI=1S/C29H35NO3/c1-20(2)17-24-18-23(28(29(31)32)22-10-5-3-4-6-11-22)14-16-27(24)33-19-25-15-13-21-9-7-8-12-26(21)30-25/h7-9,12-16,18,20,22,28H,3-6,10-11,17,19H2,1-2H3,(H,31,32). The Hall–Kier alpha value is -2.88. The summed E-state index contributed by atoms with van der Waals surface area (Å²) in [5.41, 5.74) is 3.85. The number of hydrogen-bond acceptors (Lipinski definition) is 3. The van der Waals surface area contributed by atoms with Crippen molar-refractivity contribution in [3.8, 4) is 5.75 Å². The Labute approximate surface area is 197 Å². The summed E-state index contributed by atoms with van der Waals surface area (Å²) in [5, 5.41) is 11.2. The van der Waals surface area contributed by atoms with Gasteiger partial charge in [-0.05, 0) is 60.4 Å². The lowest BCUT2D eigenvalue weighted by Gasteiger charge is -2.24. The maximum Gasteiger partial charge on any atom is 0.311 e. The van der Waals surface area contributed by atoms with Crippen molar-refractivity contribution in [2.24, 2.45) is 11.8 Å². The maximum absolute atomic E-state index is 12.3. The predicted molar refractivity (Wildman–Crippen MR) is 133 cm³/mol. The van der Waals surface area contributed by atoms with Crippen LogP contribution in [0.3, 0.4) is 0 Å². The first-order chi connectivity index (χ1) is 16.0. The third-order valence-electron chi connectivity index (χ3n) is 6.74. The number of carboxylic acids is 1. The number of benzene rings is 2. The van der Waals surface area contributed by atoms with Crippen LogP contribution in [-0.4, -0.2) is 16.1 Å². The molecule has 0 saturated heterocycles. The van der Waals surface area contributed by atoms with Crippen LogP contribution in [0.15, 0.2) is 54.6 Å². The quantitative estimate of drug-likeness (QED) is 0.374. The first-order valence-electron chi connectivity index (χ1n) is 12.3. The molecule has 0 bridgehead atoms. The third kappa shape index (κ3) is 5.93. The van der Waals surface area contributed by atoms with E-state index in [0.717, 1.165) is 65.6 Å². The third-order valence-corrected chi connectivity index (χ3v) is 6.74. The highest BCUT2D eigenvalue weighted by molar-refractivity contribution is 5.78. The maximum atomic E-state index is 12.3. The topological polar surface area (TPSA) is 59.4 Å². The summed E-state index contributed by atoms with van der Waals surface area (Å²) >= 11 is 0. The van der Waals surface area contributed by atoms with Gasteiger partial charge in [0.15, 0.2) is 0 Å². The summed E-state index contributed by atoms with van der Waals surface area (Å²) in [5.74, 6) is 0.345. The van der Waals surface area contributed by atoms with E-state index in [2.05, 4.69) is 32.0 Å². The fourth-order valence-electron chi connectivity index (χ4n) is 5.13. The van der Waals surface area contributed by atoms with Gasteiger partial charge in [-0.15, -0.1) is 0 Å². The Morgan fingerprint density at radius 2 is 1.79 bits per heavy atom. The van der Waals surface area contributed by atoms with Gasteiger partial charge in [0.05, 0.1) is 17.1 Å². The first-order valence-corrected chi connectivity index (χ1v) is 12.3. The van der Waals surface area contributed by atoms with E-state index in [1.165, 1.54) is 12.8 Å². The summed E-state index contributed by atoms with van der Waals surface area (Å²) in [7, 11) is 0. The summed E-state index contributed by atoms with van der Waals surface area (Å²) in [6, 6.07) is 18.2. The van der Waals surface area contributed by atoms with Gasteiger partial charge >= 0.3 is 5.97 Å². The second kappa shape index (κ2) is 10.8. The molecule has 0 spiro atoms. The monoisotopic (exact) mass is 445 g/mol. The number of aromatic nitrogens is 1. The number of para-hydroxylation sites is 1. The van der Waals surface area contributed by atoms with E-state index in [1.54, 1.807) is 0 Å². The summed E-state index contributed by atoms with van der Waals surface area (Å²) in [6.45, 7) is 4.75. The van der Waals surface area contributed by atoms with E-state index in [0.29, 0.717) is 12.5 Å². The number of carbonyl (C=O) groups is 1. The van der Waals surface area contributed by atoms with Crippen LogP contribution in [0.5, 0.6) is 5.75 Å². The smallest absolute Gasteiger partial charge is 0.311 e. The van der Waals surface area contributed by atoms with Crippen LogP contribution >= 0.6 is 0 Å². The zero-order chi connectivity index (χ0) is 23.2. The average molecular weight is 446 g/mol. The van der Waals surface area contributed by atoms with Crippen molar-refractivity contribution in [2.45, 2.75) is 71.3 Å². The van der Waals surface area contributed by atoms with Crippen LogP contribution in [0.2, 0.25) is 0 Å². The highest BCUT2D eigenvalue weighted by Crippen LogP contribution is 2.37. The van der Waals surface area contributed by atoms with E-state index in [9.17, 15) is 9.90 Å². The lowest BCUT2D eigenvalue weighted by atomic mass is 9.80. The van der Waals surface area contributed by atoms with Crippen LogP contribution < -0.4 is 4.74 Å². The van der Waals surface area contributed by atoms with Crippen molar-refractivity contribution < 1.29 is 14.6 Å². The molecule has 4 nitrogen and oxygen atoms in total. The van der Waals surface area contributed by atoms with Gasteiger partial charge in [0.1, 0.15) is 12.4 Å². The molecule has 33 heavy (non-hydrogen) atoms. The van der Waals surface area contributed by atoms with Gasteiger partial charge in [0.25, 0.3) is 0 Å². The molecule has 1 fully saturated rings. The number of fused-ring (bicyclic) bond motifs is 1. The minimum absolute atomic E-state index is 0.213. The Morgan fingerprint density at radius 3 is 2.52 bits per heavy atom. The Morgan fingerprint density at radius 1 is 1.03 bits per heavy atom. The van der Waals surface area contributed by atoms with E-state index in [4.69, 9.17) is 9.72 Å². The first kappa shape index (κ1) is 23.3. The Kier molecular flexibility index (Phi) is 7.64. The largest absolute Gasteiger partial charge is 0.487 e. The summed E-state index contributed by atoms with van der Waals surface area (Å²) in [4.78, 5) is 17.0. The van der Waals surface area contributed by atoms with Crippen LogP contribution in [0.25, 0.3) is 10.9 Å². The lowest BCUT2D eigenvalue weighted by Crippen LogP contribution is -2.21. The minimum Gasteiger partial charge on any atom is -0.487 e. The van der Waals surface area contributed by atoms with E-state index >= 15 is 0 Å². The van der Waals surface area contributed by atoms with Crippen molar-refractivity contribution in [3.05, 3.63) is 71.4 Å². The van der Waals surface area contributed by atoms with Crippen LogP contribution in [-0.2, 0) is 17.8 Å². The molecule has 1 aromatic heterocycles. The van der Waals surface area contributed by atoms with Crippen molar-refractivity contribution in [1.82, 2.24) is 4.98 Å². The average Bonchev–Trinajstić information content (AvgIpc) is 3.07. The van der Waals surface area contributed by atoms with Crippen molar-refractivity contribution in [2.75, 3.05) is 0 Å². The molecule has 1 atom stereocenters. The molecule has 174 valence electrons. The number of rotatable bonds is 8. The number of ether oxygens (including phenoxy) is 1. The molecule has 1 aliphatic rings. The zero-order valence-corrected chi connectivity index (χ0v) is 19.8. The lowest BCUT2D eigenvalue weighted by molar-refractivity contribution is -0.140. The van der Waals surface area contributed by atoms with Gasteiger partial charge in [-0.3, -0.25) is 4.79 Å². The highest BCUT2D eigenvalue weighted by Gasteiger charge is 2.30. The van der Waals surface area contributed by atoms with Gasteiger partial charge < -0.3 is 9.84 Å². The number of pyridine rings is 1. The predicted octanol–water partition coefficient (Wildman–Crippen LogP) is 7.15. The van der Waals surface area contributed by atoms with Crippen LogP contribution in [0.1, 0.15) is 75.1 Å². The molecule has 0 aliphatic heterocycles. The van der Waals surface area contributed by atoms with E-state index < -0.39 is 11.9 Å². The molecule has 0 amide bonds. The minimum atomic E-state index is -0.702. The number of hydrogen-bond donors (Lipinski definition) is 1. The van der Waals surface area contributed by atoms with Crippen molar-refractivity contribution >= 4 is 16.9 Å². The van der Waals surface area contributed by atoms with Gasteiger partial charge in [-0.2, -0.15) is 0 Å². The molecule has 4 heteroatoms. The van der Waals surface area contributed by atoms with Crippen LogP contribution in [0.4, 0.5) is 0 Å². The molecule has 0 radical (unpaired) electrons. The van der Waals surface area contributed by atoms with Gasteiger partial charge in [0, 0.05) is 5.39 Å². The van der Waals surface area contributed by atoms with Gasteiger partial charge in [-0.25, -0.2) is 4.98 Å². The van der Waals surface area contributed by atoms with Crippen molar-refractivity contribution in [3.63, 3.8) is 0 Å². The van der Waals surface area contributed by atoms with E-state index in [-0.39, 0.29) is 5.92 Å². The van der Waals surface area contributed by atoms with E-state index in [1.807, 2.05) is 36.4 Å². The molecule has 2 aromatic carbocycles. The Balaban J connectivity index is 1.57. The molecule has 1 heterocycles. The second-order valence-corrected chi connectivity index (χ2v) is 9.82. The number of carboxylic acid groups (broad SMARTS) is 1. The zero-order valence-electron chi connectivity index (χ0n) is 19.8. The molecule has 3 aromatic rings. The molecule has 1 N–H and O–H groups in total. The number of aliphatic carboxylic acids is 1. The normalized spacial score (nSPS) is 16.0. The fourth-order valence-corrected chi connectivity index (χ4v) is 5.13. The summed E-state index contributed by atoms with van der Waals surface area (Å²) in [6.07, 6.45) is 7.56. The fraction of sp³-hybridized carbons (Fsp3) is 0.448. The Bertz CT molecular complexity index is 1080. The molecular weight excluding hydrogens is 410 g/mol.